The minimum atomic E-state index is -0.327. The Morgan fingerprint density at radius 3 is 3.09 bits per heavy atom. The Hall–Kier alpha value is -1.80. The van der Waals surface area contributed by atoms with Crippen LogP contribution < -0.4 is 5.43 Å². The number of benzene rings is 1. The van der Waals surface area contributed by atoms with Crippen LogP contribution >= 0.6 is 27.3 Å². The highest BCUT2D eigenvalue weighted by molar-refractivity contribution is 9.10. The van der Waals surface area contributed by atoms with Crippen LogP contribution in [-0.4, -0.2) is 23.8 Å². The molecule has 0 aliphatic carbocycles. The molecule has 0 saturated heterocycles. The average Bonchev–Trinajstić information content (AvgIpc) is 2.95. The first-order chi connectivity index (χ1) is 11.0. The lowest BCUT2D eigenvalue weighted by atomic mass is 10.1. The van der Waals surface area contributed by atoms with E-state index in [1.54, 1.807) is 31.4 Å². The molecular formula is C15H15BrFN3O2S. The molecule has 1 N–H and O–H groups in total. The first kappa shape index (κ1) is 17.6. The summed E-state index contributed by atoms with van der Waals surface area (Å²) >= 11 is 4.58. The number of carbonyl (C=O) groups excluding carboxylic acids is 1. The maximum atomic E-state index is 14.0. The molecule has 1 aromatic heterocycles. The Bertz CT molecular complexity index is 734. The Kier molecular flexibility index (Phi) is 6.23. The summed E-state index contributed by atoms with van der Waals surface area (Å²) in [4.78, 5) is 15.6. The third-order valence-corrected chi connectivity index (χ3v) is 4.55. The van der Waals surface area contributed by atoms with Gasteiger partial charge in [0.25, 0.3) is 0 Å². The highest BCUT2D eigenvalue weighted by Crippen LogP contribution is 2.21. The van der Waals surface area contributed by atoms with Crippen molar-refractivity contribution in [2.45, 2.75) is 20.3 Å². The maximum Gasteiger partial charge on any atom is 0.311 e. The topological polar surface area (TPSA) is 63.6 Å². The summed E-state index contributed by atoms with van der Waals surface area (Å²) in [6.07, 6.45) is 1.51. The van der Waals surface area contributed by atoms with Gasteiger partial charge in [0.1, 0.15) is 5.82 Å². The van der Waals surface area contributed by atoms with E-state index < -0.39 is 0 Å². The van der Waals surface area contributed by atoms with Crippen LogP contribution in [0.4, 0.5) is 9.52 Å². The Morgan fingerprint density at radius 2 is 2.35 bits per heavy atom. The lowest BCUT2D eigenvalue weighted by Crippen LogP contribution is -2.07. The van der Waals surface area contributed by atoms with Gasteiger partial charge in [0, 0.05) is 15.4 Å². The molecule has 0 aliphatic heterocycles. The lowest BCUT2D eigenvalue weighted by molar-refractivity contribution is -0.142. The fraction of sp³-hybridized carbons (Fsp3) is 0.267. The molecule has 0 spiro atoms. The third-order valence-electron chi connectivity index (χ3n) is 2.90. The number of thiazole rings is 1. The smallest absolute Gasteiger partial charge is 0.311 e. The number of esters is 1. The summed E-state index contributed by atoms with van der Waals surface area (Å²) in [7, 11) is 0. The largest absolute Gasteiger partial charge is 0.466 e. The molecule has 0 radical (unpaired) electrons. The Balaban J connectivity index is 1.97. The second-order valence-electron chi connectivity index (χ2n) is 4.57. The Labute approximate surface area is 145 Å². The molecule has 1 aromatic carbocycles. The summed E-state index contributed by atoms with van der Waals surface area (Å²) in [5, 5.41) is 6.25. The maximum absolute atomic E-state index is 14.0. The van der Waals surface area contributed by atoms with Crippen molar-refractivity contribution in [1.29, 1.82) is 0 Å². The normalized spacial score (nSPS) is 11.0. The van der Waals surface area contributed by atoms with Gasteiger partial charge in [-0.2, -0.15) is 5.10 Å². The summed E-state index contributed by atoms with van der Waals surface area (Å²) in [5.41, 5.74) is 4.24. The van der Waals surface area contributed by atoms with Gasteiger partial charge in [0.2, 0.25) is 5.13 Å². The second-order valence-corrected chi connectivity index (χ2v) is 6.28. The quantitative estimate of drug-likeness (QED) is 0.454. The number of aromatic nitrogens is 1. The molecule has 1 heterocycles. The van der Waals surface area contributed by atoms with Gasteiger partial charge >= 0.3 is 5.97 Å². The van der Waals surface area contributed by atoms with Crippen molar-refractivity contribution in [2.75, 3.05) is 12.0 Å². The van der Waals surface area contributed by atoms with Crippen molar-refractivity contribution in [1.82, 2.24) is 4.98 Å². The van der Waals surface area contributed by atoms with Crippen molar-refractivity contribution in [3.8, 4) is 0 Å². The number of hydrogen-bond donors (Lipinski definition) is 1. The van der Waals surface area contributed by atoms with Crippen LogP contribution in [0, 0.1) is 12.7 Å². The number of ether oxygens (including phenoxy) is 1. The van der Waals surface area contributed by atoms with Crippen LogP contribution in [0.2, 0.25) is 0 Å². The summed E-state index contributed by atoms with van der Waals surface area (Å²) in [6.45, 7) is 3.78. The average molecular weight is 400 g/mol. The van der Waals surface area contributed by atoms with Gasteiger partial charge in [0.05, 0.1) is 24.9 Å². The number of halogens is 2. The fourth-order valence-corrected chi connectivity index (χ4v) is 2.70. The number of hydrazone groups is 1. The highest BCUT2D eigenvalue weighted by atomic mass is 79.9. The van der Waals surface area contributed by atoms with E-state index >= 15 is 0 Å². The van der Waals surface area contributed by atoms with Crippen molar-refractivity contribution < 1.29 is 13.9 Å². The molecule has 5 nitrogen and oxygen atoms in total. The van der Waals surface area contributed by atoms with Gasteiger partial charge in [-0.1, -0.05) is 15.9 Å². The molecule has 122 valence electrons. The third kappa shape index (κ3) is 4.84. The predicted molar refractivity (Wildman–Crippen MR) is 92.5 cm³/mol. The number of anilines is 1. The van der Waals surface area contributed by atoms with Crippen LogP contribution in [0.15, 0.2) is 27.1 Å². The van der Waals surface area contributed by atoms with Crippen LogP contribution in [0.25, 0.3) is 0 Å². The molecule has 0 atom stereocenters. The minimum absolute atomic E-state index is 0.121. The molecule has 0 unspecified atom stereocenters. The van der Waals surface area contributed by atoms with E-state index in [0.717, 1.165) is 0 Å². The van der Waals surface area contributed by atoms with Crippen molar-refractivity contribution >= 4 is 44.6 Å². The molecular weight excluding hydrogens is 385 g/mol. The summed E-state index contributed by atoms with van der Waals surface area (Å²) in [5.74, 6) is -0.646. The van der Waals surface area contributed by atoms with Gasteiger partial charge in [0.15, 0.2) is 0 Å². The standard InChI is InChI=1S/C15H15BrFN3O2S/c1-3-22-13(21)6-11-8-23-15(19-11)20-18-7-10-4-5-12(16)9(2)14(10)17/h4-5,7-8H,3,6H2,1-2H3,(H,19,20). The van der Waals surface area contributed by atoms with Crippen LogP contribution in [0.1, 0.15) is 23.7 Å². The zero-order valence-electron chi connectivity index (χ0n) is 12.6. The molecule has 0 aliphatic rings. The SMILES string of the molecule is CCOC(=O)Cc1csc(NN=Cc2ccc(Br)c(C)c2F)n1. The highest BCUT2D eigenvalue weighted by Gasteiger charge is 2.08. The van der Waals surface area contributed by atoms with Crippen molar-refractivity contribution in [3.63, 3.8) is 0 Å². The van der Waals surface area contributed by atoms with Crippen LogP contribution in [-0.2, 0) is 16.0 Å². The van der Waals surface area contributed by atoms with Crippen LogP contribution in [0.5, 0.6) is 0 Å². The monoisotopic (exact) mass is 399 g/mol. The van der Waals surface area contributed by atoms with Gasteiger partial charge in [-0.05, 0) is 31.5 Å². The number of carbonyl (C=O) groups is 1. The van der Waals surface area contributed by atoms with E-state index in [2.05, 4.69) is 31.4 Å². The lowest BCUT2D eigenvalue weighted by Gasteiger charge is -2.02. The summed E-state index contributed by atoms with van der Waals surface area (Å²) in [6, 6.07) is 3.40. The van der Waals surface area contributed by atoms with Crippen LogP contribution in [0.3, 0.4) is 0 Å². The van der Waals surface area contributed by atoms with Gasteiger partial charge < -0.3 is 4.74 Å². The van der Waals surface area contributed by atoms with Gasteiger partial charge in [-0.25, -0.2) is 9.37 Å². The van der Waals surface area contributed by atoms with Gasteiger partial charge in [-0.3, -0.25) is 10.2 Å². The van der Waals surface area contributed by atoms with E-state index in [1.807, 2.05) is 0 Å². The number of rotatable bonds is 6. The van der Waals surface area contributed by atoms with Crippen molar-refractivity contribution in [2.24, 2.45) is 5.10 Å². The van der Waals surface area contributed by atoms with Crippen molar-refractivity contribution in [3.05, 3.63) is 44.6 Å². The molecule has 0 saturated carbocycles. The first-order valence-corrected chi connectivity index (χ1v) is 8.52. The molecule has 2 aromatic rings. The van der Waals surface area contributed by atoms with E-state index in [4.69, 9.17) is 4.74 Å². The van der Waals surface area contributed by atoms with E-state index in [1.165, 1.54) is 17.6 Å². The fourth-order valence-electron chi connectivity index (χ4n) is 1.74. The molecule has 0 fully saturated rings. The number of nitrogens with one attached hydrogen (secondary N) is 1. The zero-order valence-corrected chi connectivity index (χ0v) is 15.0. The van der Waals surface area contributed by atoms with E-state index in [9.17, 15) is 9.18 Å². The molecule has 0 bridgehead atoms. The minimum Gasteiger partial charge on any atom is -0.466 e. The number of hydrogen-bond acceptors (Lipinski definition) is 6. The van der Waals surface area contributed by atoms with E-state index in [0.29, 0.717) is 33.0 Å². The predicted octanol–water partition coefficient (Wildman–Crippen LogP) is 3.90. The van der Waals surface area contributed by atoms with E-state index in [-0.39, 0.29) is 18.2 Å². The molecule has 2 rings (SSSR count). The molecule has 8 heteroatoms. The first-order valence-electron chi connectivity index (χ1n) is 6.85. The summed E-state index contributed by atoms with van der Waals surface area (Å²) < 4.78 is 19.6. The molecule has 0 amide bonds. The zero-order chi connectivity index (χ0) is 16.8. The second kappa shape index (κ2) is 8.16. The number of nitrogens with zero attached hydrogens (tertiary/aromatic N) is 2. The Morgan fingerprint density at radius 1 is 1.57 bits per heavy atom. The molecule has 23 heavy (non-hydrogen) atoms. The van der Waals surface area contributed by atoms with Gasteiger partial charge in [-0.15, -0.1) is 11.3 Å².